The molecule has 18 heavy (non-hydrogen) atoms. The fourth-order valence-electron chi connectivity index (χ4n) is 1.89. The van der Waals surface area contributed by atoms with Crippen molar-refractivity contribution >= 4 is 49.9 Å². The maximum atomic E-state index is 3.54. The fraction of sp³-hybridized carbons (Fsp3) is 0.286. The standard InChI is InChI=1S/C14H15BrINS/c1-3-12(17-2)14-7-6-13(18-14)9-4-5-10(15)11(16)8-9/h4-8,12,17H,3H2,1-2H3. The number of rotatable bonds is 4. The van der Waals surface area contributed by atoms with Gasteiger partial charge in [-0.3, -0.25) is 0 Å². The number of halogens is 2. The van der Waals surface area contributed by atoms with Crippen LogP contribution in [0.3, 0.4) is 0 Å². The lowest BCUT2D eigenvalue weighted by atomic mass is 10.1. The summed E-state index contributed by atoms with van der Waals surface area (Å²) < 4.78 is 2.41. The van der Waals surface area contributed by atoms with E-state index in [1.807, 2.05) is 18.4 Å². The molecule has 96 valence electrons. The number of thiophene rings is 1. The van der Waals surface area contributed by atoms with Gasteiger partial charge in [-0.1, -0.05) is 13.0 Å². The quantitative estimate of drug-likeness (QED) is 0.629. The Morgan fingerprint density at radius 3 is 2.72 bits per heavy atom. The summed E-state index contributed by atoms with van der Waals surface area (Å²) in [6, 6.07) is 11.4. The van der Waals surface area contributed by atoms with Crippen LogP contribution in [0.4, 0.5) is 0 Å². The minimum atomic E-state index is 0.471. The highest BCUT2D eigenvalue weighted by Crippen LogP contribution is 2.34. The van der Waals surface area contributed by atoms with E-state index < -0.39 is 0 Å². The molecule has 1 unspecified atom stereocenters. The van der Waals surface area contributed by atoms with Crippen molar-refractivity contribution in [3.05, 3.63) is 43.3 Å². The minimum Gasteiger partial charge on any atom is -0.312 e. The Kier molecular flexibility index (Phi) is 5.24. The van der Waals surface area contributed by atoms with Crippen molar-refractivity contribution in [2.24, 2.45) is 0 Å². The second kappa shape index (κ2) is 6.50. The normalized spacial score (nSPS) is 12.7. The monoisotopic (exact) mass is 435 g/mol. The van der Waals surface area contributed by atoms with E-state index in [0.29, 0.717) is 6.04 Å². The van der Waals surface area contributed by atoms with Gasteiger partial charge in [0, 0.05) is 23.8 Å². The maximum absolute atomic E-state index is 3.54. The average molecular weight is 436 g/mol. The highest BCUT2D eigenvalue weighted by Gasteiger charge is 2.11. The summed E-state index contributed by atoms with van der Waals surface area (Å²) in [4.78, 5) is 2.75. The van der Waals surface area contributed by atoms with Gasteiger partial charge in [0.15, 0.2) is 0 Å². The summed E-state index contributed by atoms with van der Waals surface area (Å²) in [5, 5.41) is 3.35. The molecule has 1 heterocycles. The van der Waals surface area contributed by atoms with Crippen LogP contribution in [0.15, 0.2) is 34.8 Å². The Morgan fingerprint density at radius 1 is 1.33 bits per heavy atom. The van der Waals surface area contributed by atoms with Gasteiger partial charge in [0.2, 0.25) is 0 Å². The van der Waals surface area contributed by atoms with Gasteiger partial charge in [0.25, 0.3) is 0 Å². The molecular formula is C14H15BrINS. The van der Waals surface area contributed by atoms with Crippen LogP contribution in [0.1, 0.15) is 24.3 Å². The molecule has 1 nitrogen and oxygen atoms in total. The first-order valence-electron chi connectivity index (χ1n) is 5.88. The summed E-state index contributed by atoms with van der Waals surface area (Å²) in [5.41, 5.74) is 1.30. The third-order valence-corrected chi connectivity index (χ3v) is 6.50. The minimum absolute atomic E-state index is 0.471. The van der Waals surface area contributed by atoms with Crippen molar-refractivity contribution in [3.8, 4) is 10.4 Å². The number of nitrogens with one attached hydrogen (secondary N) is 1. The molecule has 0 fully saturated rings. The predicted octanol–water partition coefficient (Wildman–Crippen LogP) is 5.45. The van der Waals surface area contributed by atoms with Crippen LogP contribution in [-0.2, 0) is 0 Å². The van der Waals surface area contributed by atoms with Crippen LogP contribution in [-0.4, -0.2) is 7.05 Å². The van der Waals surface area contributed by atoms with Crippen LogP contribution < -0.4 is 5.32 Å². The molecule has 1 aromatic carbocycles. The molecule has 0 saturated carbocycles. The molecule has 1 N–H and O–H groups in total. The van der Waals surface area contributed by atoms with E-state index in [0.717, 1.165) is 10.9 Å². The van der Waals surface area contributed by atoms with E-state index in [1.165, 1.54) is 18.9 Å². The molecule has 0 saturated heterocycles. The third-order valence-electron chi connectivity index (χ3n) is 2.93. The van der Waals surface area contributed by atoms with Crippen molar-refractivity contribution in [1.82, 2.24) is 5.32 Å². The number of benzene rings is 1. The zero-order valence-electron chi connectivity index (χ0n) is 10.3. The van der Waals surface area contributed by atoms with Crippen LogP contribution in [0, 0.1) is 3.57 Å². The second-order valence-corrected chi connectivity index (χ2v) is 7.21. The van der Waals surface area contributed by atoms with E-state index in [9.17, 15) is 0 Å². The highest BCUT2D eigenvalue weighted by molar-refractivity contribution is 14.1. The molecule has 0 amide bonds. The van der Waals surface area contributed by atoms with E-state index in [1.54, 1.807) is 0 Å². The Bertz CT molecular complexity index is 534. The summed E-state index contributed by atoms with van der Waals surface area (Å²) in [5.74, 6) is 0. The van der Waals surface area contributed by atoms with Crippen LogP contribution >= 0.6 is 49.9 Å². The molecule has 0 aliphatic rings. The van der Waals surface area contributed by atoms with Crippen LogP contribution in [0.2, 0.25) is 0 Å². The molecule has 4 heteroatoms. The molecule has 0 aliphatic carbocycles. The molecule has 1 aromatic heterocycles. The first-order chi connectivity index (χ1) is 8.65. The first kappa shape index (κ1) is 14.5. The first-order valence-corrected chi connectivity index (χ1v) is 8.57. The largest absolute Gasteiger partial charge is 0.312 e. The van der Waals surface area contributed by atoms with E-state index in [-0.39, 0.29) is 0 Å². The molecular weight excluding hydrogens is 421 g/mol. The van der Waals surface area contributed by atoms with Gasteiger partial charge in [0.05, 0.1) is 0 Å². The highest BCUT2D eigenvalue weighted by atomic mass is 127. The Labute approximate surface area is 134 Å². The maximum Gasteiger partial charge on any atom is 0.0409 e. The molecule has 2 aromatic rings. The molecule has 0 spiro atoms. The van der Waals surface area contributed by atoms with Gasteiger partial charge in [0.1, 0.15) is 0 Å². The average Bonchev–Trinajstić information content (AvgIpc) is 2.84. The van der Waals surface area contributed by atoms with Gasteiger partial charge < -0.3 is 5.32 Å². The number of hydrogen-bond donors (Lipinski definition) is 1. The molecule has 0 radical (unpaired) electrons. The van der Waals surface area contributed by atoms with E-state index >= 15 is 0 Å². The van der Waals surface area contributed by atoms with E-state index in [2.05, 4.69) is 81.1 Å². The molecule has 2 rings (SSSR count). The Morgan fingerprint density at radius 2 is 2.11 bits per heavy atom. The Balaban J connectivity index is 2.31. The van der Waals surface area contributed by atoms with Crippen molar-refractivity contribution in [2.75, 3.05) is 7.05 Å². The summed E-state index contributed by atoms with van der Waals surface area (Å²) in [6.45, 7) is 2.21. The predicted molar refractivity (Wildman–Crippen MR) is 92.3 cm³/mol. The zero-order valence-corrected chi connectivity index (χ0v) is 14.9. The topological polar surface area (TPSA) is 12.0 Å². The lowest BCUT2D eigenvalue weighted by molar-refractivity contribution is 0.586. The Hall–Kier alpha value is 0.0900. The zero-order chi connectivity index (χ0) is 13.1. The van der Waals surface area contributed by atoms with Gasteiger partial charge in [-0.2, -0.15) is 0 Å². The summed E-state index contributed by atoms with van der Waals surface area (Å²) in [7, 11) is 2.02. The van der Waals surface area contributed by atoms with Crippen LogP contribution in [0.5, 0.6) is 0 Å². The SMILES string of the molecule is CCC(NC)c1ccc(-c2ccc(Br)c(I)c2)s1. The summed E-state index contributed by atoms with van der Waals surface area (Å²) in [6.07, 6.45) is 1.12. The van der Waals surface area contributed by atoms with Gasteiger partial charge >= 0.3 is 0 Å². The van der Waals surface area contributed by atoms with Crippen molar-refractivity contribution < 1.29 is 0 Å². The molecule has 0 bridgehead atoms. The number of hydrogen-bond acceptors (Lipinski definition) is 2. The third kappa shape index (κ3) is 3.15. The molecule has 1 atom stereocenters. The van der Waals surface area contributed by atoms with E-state index in [4.69, 9.17) is 0 Å². The van der Waals surface area contributed by atoms with Crippen molar-refractivity contribution in [3.63, 3.8) is 0 Å². The van der Waals surface area contributed by atoms with Gasteiger partial charge in [-0.05, 0) is 81.8 Å². The lowest BCUT2D eigenvalue weighted by Gasteiger charge is -2.10. The second-order valence-electron chi connectivity index (χ2n) is 4.08. The fourth-order valence-corrected chi connectivity index (χ4v) is 3.85. The van der Waals surface area contributed by atoms with Gasteiger partial charge in [-0.15, -0.1) is 11.3 Å². The summed E-state index contributed by atoms with van der Waals surface area (Å²) >= 11 is 7.77. The smallest absolute Gasteiger partial charge is 0.0409 e. The molecule has 0 aliphatic heterocycles. The van der Waals surface area contributed by atoms with Gasteiger partial charge in [-0.25, -0.2) is 0 Å². The van der Waals surface area contributed by atoms with Crippen molar-refractivity contribution in [2.45, 2.75) is 19.4 Å². The van der Waals surface area contributed by atoms with Crippen LogP contribution in [0.25, 0.3) is 10.4 Å². The lowest BCUT2D eigenvalue weighted by Crippen LogP contribution is -2.13. The van der Waals surface area contributed by atoms with Crippen molar-refractivity contribution in [1.29, 1.82) is 0 Å².